The van der Waals surface area contributed by atoms with Crippen molar-refractivity contribution in [1.29, 1.82) is 0 Å². The van der Waals surface area contributed by atoms with Crippen LogP contribution in [0.15, 0.2) is 0 Å². The van der Waals surface area contributed by atoms with Crippen LogP contribution in [0.1, 0.15) is 32.9 Å². The maximum Gasteiger partial charge on any atom is 0.138 e. The molecule has 1 unspecified atom stereocenters. The van der Waals surface area contributed by atoms with Crippen molar-refractivity contribution in [3.8, 4) is 0 Å². The zero-order chi connectivity index (χ0) is 11.8. The molecule has 2 rings (SSSR count). The third-order valence-corrected chi connectivity index (χ3v) is 4.36. The van der Waals surface area contributed by atoms with Crippen molar-refractivity contribution in [2.75, 3.05) is 13.1 Å². The lowest BCUT2D eigenvalue weighted by Gasteiger charge is -2.26. The fraction of sp³-hybridized carbons (Fsp3) is 0.818. The molecule has 1 aliphatic heterocycles. The molecule has 0 bridgehead atoms. The topological polar surface area (TPSA) is 29.0 Å². The first-order valence-corrected chi connectivity index (χ1v) is 6.81. The van der Waals surface area contributed by atoms with E-state index < -0.39 is 0 Å². The molecule has 16 heavy (non-hydrogen) atoms. The highest BCUT2D eigenvalue weighted by atomic mass is 35.5. The molecular formula is C11H18ClN3S. The minimum Gasteiger partial charge on any atom is -0.297 e. The summed E-state index contributed by atoms with van der Waals surface area (Å²) in [6.45, 7) is 10.1. The molecule has 5 heteroatoms. The van der Waals surface area contributed by atoms with Crippen molar-refractivity contribution in [2.45, 2.75) is 33.7 Å². The van der Waals surface area contributed by atoms with E-state index >= 15 is 0 Å². The summed E-state index contributed by atoms with van der Waals surface area (Å²) >= 11 is 7.28. The minimum absolute atomic E-state index is 0.402. The van der Waals surface area contributed by atoms with Crippen LogP contribution in [-0.4, -0.2) is 27.6 Å². The second-order valence-corrected chi connectivity index (χ2v) is 6.94. The van der Waals surface area contributed by atoms with E-state index in [-0.39, 0.29) is 0 Å². The van der Waals surface area contributed by atoms with Crippen molar-refractivity contribution in [2.24, 2.45) is 11.3 Å². The summed E-state index contributed by atoms with van der Waals surface area (Å²) in [6.07, 6.45) is 1.28. The molecule has 0 N–H and O–H groups in total. The van der Waals surface area contributed by atoms with E-state index in [1.165, 1.54) is 18.0 Å². The molecule has 1 aromatic rings. The SMILES string of the molecule is CC(C)(C)C1CCN(Cc2nnsc2Cl)C1. The molecule has 1 atom stereocenters. The van der Waals surface area contributed by atoms with Gasteiger partial charge in [0, 0.05) is 24.6 Å². The Morgan fingerprint density at radius 2 is 2.25 bits per heavy atom. The van der Waals surface area contributed by atoms with Gasteiger partial charge < -0.3 is 0 Å². The third kappa shape index (κ3) is 2.73. The molecule has 0 spiro atoms. The zero-order valence-corrected chi connectivity index (χ0v) is 11.6. The summed E-state index contributed by atoms with van der Waals surface area (Å²) in [4.78, 5) is 2.43. The Bertz CT molecular complexity index is 358. The van der Waals surface area contributed by atoms with Crippen LogP contribution in [0.3, 0.4) is 0 Å². The van der Waals surface area contributed by atoms with Crippen LogP contribution in [-0.2, 0) is 6.54 Å². The van der Waals surface area contributed by atoms with Gasteiger partial charge >= 0.3 is 0 Å². The van der Waals surface area contributed by atoms with E-state index in [4.69, 9.17) is 11.6 Å². The predicted molar refractivity (Wildman–Crippen MR) is 67.8 cm³/mol. The van der Waals surface area contributed by atoms with E-state index in [0.717, 1.165) is 35.6 Å². The summed E-state index contributed by atoms with van der Waals surface area (Å²) in [6, 6.07) is 0. The molecule has 0 aliphatic carbocycles. The first kappa shape index (κ1) is 12.3. The lowest BCUT2D eigenvalue weighted by molar-refractivity contribution is 0.225. The molecule has 1 saturated heterocycles. The monoisotopic (exact) mass is 259 g/mol. The van der Waals surface area contributed by atoms with Crippen LogP contribution in [0, 0.1) is 11.3 Å². The van der Waals surface area contributed by atoms with Crippen LogP contribution >= 0.6 is 23.1 Å². The fourth-order valence-electron chi connectivity index (χ4n) is 2.19. The van der Waals surface area contributed by atoms with Crippen molar-refractivity contribution >= 4 is 23.1 Å². The van der Waals surface area contributed by atoms with Crippen molar-refractivity contribution in [1.82, 2.24) is 14.5 Å². The lowest BCUT2D eigenvalue weighted by atomic mass is 9.80. The van der Waals surface area contributed by atoms with Gasteiger partial charge in [-0.05, 0) is 24.3 Å². The second kappa shape index (κ2) is 4.59. The minimum atomic E-state index is 0.402. The highest BCUT2D eigenvalue weighted by Gasteiger charge is 2.32. The second-order valence-electron chi connectivity index (χ2n) is 5.58. The van der Waals surface area contributed by atoms with Crippen molar-refractivity contribution in [3.63, 3.8) is 0 Å². The molecule has 1 fully saturated rings. The Hall–Kier alpha value is -0.190. The van der Waals surface area contributed by atoms with Crippen molar-refractivity contribution in [3.05, 3.63) is 10.0 Å². The number of nitrogens with zero attached hydrogens (tertiary/aromatic N) is 3. The van der Waals surface area contributed by atoms with Crippen LogP contribution in [0.5, 0.6) is 0 Å². The van der Waals surface area contributed by atoms with Crippen LogP contribution in [0.4, 0.5) is 0 Å². The quantitative estimate of drug-likeness (QED) is 0.818. The number of aromatic nitrogens is 2. The largest absolute Gasteiger partial charge is 0.297 e. The molecule has 0 amide bonds. The molecule has 90 valence electrons. The Morgan fingerprint density at radius 1 is 1.50 bits per heavy atom. The van der Waals surface area contributed by atoms with E-state index in [0.29, 0.717) is 5.41 Å². The summed E-state index contributed by atoms with van der Waals surface area (Å²) in [5.74, 6) is 0.776. The standard InChI is InChI=1S/C11H18ClN3S/c1-11(2,3)8-4-5-15(6-8)7-9-10(12)16-14-13-9/h8H,4-7H2,1-3H3. The summed E-state index contributed by atoms with van der Waals surface area (Å²) in [5, 5.41) is 4.06. The molecule has 2 heterocycles. The van der Waals surface area contributed by atoms with Crippen LogP contribution in [0.25, 0.3) is 0 Å². The normalized spacial score (nSPS) is 22.9. The molecule has 3 nitrogen and oxygen atoms in total. The smallest absolute Gasteiger partial charge is 0.138 e. The maximum atomic E-state index is 6.01. The first-order chi connectivity index (χ1) is 7.47. The maximum absolute atomic E-state index is 6.01. The van der Waals surface area contributed by atoms with E-state index in [1.807, 2.05) is 0 Å². The van der Waals surface area contributed by atoms with Gasteiger partial charge in [0.05, 0.1) is 0 Å². The molecule has 1 aliphatic rings. The average molecular weight is 260 g/mol. The van der Waals surface area contributed by atoms with Gasteiger partial charge in [0.15, 0.2) is 0 Å². The van der Waals surface area contributed by atoms with Gasteiger partial charge in [-0.25, -0.2) is 0 Å². The van der Waals surface area contributed by atoms with Gasteiger partial charge in [-0.2, -0.15) is 0 Å². The van der Waals surface area contributed by atoms with Gasteiger partial charge in [0.25, 0.3) is 0 Å². The zero-order valence-electron chi connectivity index (χ0n) is 10.0. The van der Waals surface area contributed by atoms with E-state index in [1.54, 1.807) is 0 Å². The Morgan fingerprint density at radius 3 is 2.75 bits per heavy atom. The van der Waals surface area contributed by atoms with E-state index in [9.17, 15) is 0 Å². The summed E-state index contributed by atoms with van der Waals surface area (Å²) in [5.41, 5.74) is 1.33. The van der Waals surface area contributed by atoms with Gasteiger partial charge in [-0.15, -0.1) is 5.10 Å². The number of rotatable bonds is 2. The summed E-state index contributed by atoms with van der Waals surface area (Å²) < 4.78 is 4.60. The predicted octanol–water partition coefficient (Wildman–Crippen LogP) is 3.06. The molecule has 0 radical (unpaired) electrons. The highest BCUT2D eigenvalue weighted by molar-refractivity contribution is 7.10. The molecular weight excluding hydrogens is 242 g/mol. The van der Waals surface area contributed by atoms with Gasteiger partial charge in [-0.1, -0.05) is 36.9 Å². The number of hydrogen-bond donors (Lipinski definition) is 0. The fourth-order valence-corrected chi connectivity index (χ4v) is 2.80. The molecule has 0 saturated carbocycles. The highest BCUT2D eigenvalue weighted by Crippen LogP contribution is 2.34. The van der Waals surface area contributed by atoms with Crippen LogP contribution in [0.2, 0.25) is 4.34 Å². The lowest BCUT2D eigenvalue weighted by Crippen LogP contribution is -2.25. The molecule has 0 aromatic carbocycles. The van der Waals surface area contributed by atoms with Gasteiger partial charge in [-0.3, -0.25) is 4.90 Å². The number of halogens is 1. The number of hydrogen-bond acceptors (Lipinski definition) is 4. The van der Waals surface area contributed by atoms with Crippen molar-refractivity contribution < 1.29 is 0 Å². The third-order valence-electron chi connectivity index (χ3n) is 3.38. The Kier molecular flexibility index (Phi) is 3.52. The summed E-state index contributed by atoms with van der Waals surface area (Å²) in [7, 11) is 0. The number of likely N-dealkylation sites (tertiary alicyclic amines) is 1. The Labute approximate surface area is 106 Å². The molecule has 1 aromatic heterocycles. The van der Waals surface area contributed by atoms with Gasteiger partial charge in [0.2, 0.25) is 0 Å². The van der Waals surface area contributed by atoms with Gasteiger partial charge in [0.1, 0.15) is 10.0 Å². The van der Waals surface area contributed by atoms with Crippen LogP contribution < -0.4 is 0 Å². The van der Waals surface area contributed by atoms with E-state index in [2.05, 4.69) is 35.3 Å². The average Bonchev–Trinajstić information content (AvgIpc) is 2.76. The Balaban J connectivity index is 1.93. The first-order valence-electron chi connectivity index (χ1n) is 5.66.